The fraction of sp³-hybridized carbons (Fsp3) is 0.500. The Balaban J connectivity index is 0.00000441. The lowest BCUT2D eigenvalue weighted by Gasteiger charge is -2.15. The van der Waals surface area contributed by atoms with Gasteiger partial charge in [-0.2, -0.15) is 0 Å². The molecule has 5 nitrogen and oxygen atoms in total. The third-order valence-electron chi connectivity index (χ3n) is 3.26. The van der Waals surface area contributed by atoms with Gasteiger partial charge in [0.15, 0.2) is 0 Å². The fourth-order valence-corrected chi connectivity index (χ4v) is 1.86. The van der Waals surface area contributed by atoms with E-state index < -0.39 is 6.04 Å². The molecule has 0 aliphatic carbocycles. The average molecular weight is 328 g/mol. The zero-order valence-electron chi connectivity index (χ0n) is 13.4. The van der Waals surface area contributed by atoms with Crippen molar-refractivity contribution in [3.63, 3.8) is 0 Å². The standard InChI is InChI=1S/C16H25N3O2.ClH/c1-11(2)15(17)16(21)19-10-14(20)18-8-7-13-6-4-5-12(3)9-13;/h4-6,9,11,15H,7-8,10,17H2,1-3H3,(H,18,20)(H,19,21);1H/t15-;/m0./s1. The Morgan fingerprint density at radius 2 is 1.91 bits per heavy atom. The van der Waals surface area contributed by atoms with Crippen molar-refractivity contribution in [2.75, 3.05) is 13.1 Å². The lowest BCUT2D eigenvalue weighted by Crippen LogP contribution is -2.47. The van der Waals surface area contributed by atoms with E-state index in [0.29, 0.717) is 6.54 Å². The molecular formula is C16H26ClN3O2. The van der Waals surface area contributed by atoms with Crippen molar-refractivity contribution in [1.82, 2.24) is 10.6 Å². The number of amides is 2. The van der Waals surface area contributed by atoms with Crippen molar-refractivity contribution in [2.24, 2.45) is 11.7 Å². The lowest BCUT2D eigenvalue weighted by molar-refractivity contribution is -0.127. The van der Waals surface area contributed by atoms with Crippen LogP contribution < -0.4 is 16.4 Å². The molecule has 1 aromatic carbocycles. The molecule has 1 atom stereocenters. The van der Waals surface area contributed by atoms with Crippen molar-refractivity contribution >= 4 is 24.2 Å². The minimum atomic E-state index is -0.579. The summed E-state index contributed by atoms with van der Waals surface area (Å²) < 4.78 is 0. The third kappa shape index (κ3) is 7.43. The van der Waals surface area contributed by atoms with Crippen LogP contribution in [-0.4, -0.2) is 30.9 Å². The normalized spacial score (nSPS) is 11.5. The first-order valence-corrected chi connectivity index (χ1v) is 7.25. The molecular weight excluding hydrogens is 302 g/mol. The highest BCUT2D eigenvalue weighted by Gasteiger charge is 2.17. The Hall–Kier alpha value is -1.59. The Kier molecular flexibility index (Phi) is 9.45. The molecule has 0 aliphatic heterocycles. The van der Waals surface area contributed by atoms with E-state index in [1.54, 1.807) is 0 Å². The molecule has 0 spiro atoms. The summed E-state index contributed by atoms with van der Waals surface area (Å²) in [4.78, 5) is 23.2. The van der Waals surface area contributed by atoms with E-state index in [-0.39, 0.29) is 36.7 Å². The first-order valence-electron chi connectivity index (χ1n) is 7.25. The number of hydrogen-bond donors (Lipinski definition) is 3. The van der Waals surface area contributed by atoms with Crippen molar-refractivity contribution < 1.29 is 9.59 Å². The molecule has 124 valence electrons. The number of aryl methyl sites for hydroxylation is 1. The largest absolute Gasteiger partial charge is 0.354 e. The van der Waals surface area contributed by atoms with E-state index in [4.69, 9.17) is 5.73 Å². The van der Waals surface area contributed by atoms with Gasteiger partial charge in [-0.3, -0.25) is 9.59 Å². The zero-order chi connectivity index (χ0) is 15.8. The first-order chi connectivity index (χ1) is 9.90. The van der Waals surface area contributed by atoms with Gasteiger partial charge in [-0.05, 0) is 24.8 Å². The van der Waals surface area contributed by atoms with E-state index in [0.717, 1.165) is 6.42 Å². The Labute approximate surface area is 138 Å². The number of hydrogen-bond acceptors (Lipinski definition) is 3. The molecule has 0 radical (unpaired) electrons. The molecule has 0 fully saturated rings. The second-order valence-electron chi connectivity index (χ2n) is 5.58. The van der Waals surface area contributed by atoms with Crippen LogP contribution in [-0.2, 0) is 16.0 Å². The van der Waals surface area contributed by atoms with E-state index in [1.165, 1.54) is 11.1 Å². The molecule has 1 rings (SSSR count). The predicted molar refractivity (Wildman–Crippen MR) is 91.0 cm³/mol. The highest BCUT2D eigenvalue weighted by molar-refractivity contribution is 5.87. The molecule has 0 bridgehead atoms. The van der Waals surface area contributed by atoms with Crippen LogP contribution in [0.15, 0.2) is 24.3 Å². The van der Waals surface area contributed by atoms with Gasteiger partial charge in [0.1, 0.15) is 0 Å². The highest BCUT2D eigenvalue weighted by atomic mass is 35.5. The highest BCUT2D eigenvalue weighted by Crippen LogP contribution is 2.03. The van der Waals surface area contributed by atoms with Crippen molar-refractivity contribution in [3.05, 3.63) is 35.4 Å². The van der Waals surface area contributed by atoms with E-state index >= 15 is 0 Å². The van der Waals surface area contributed by atoms with Crippen LogP contribution in [0.25, 0.3) is 0 Å². The van der Waals surface area contributed by atoms with E-state index in [1.807, 2.05) is 39.0 Å². The molecule has 4 N–H and O–H groups in total. The molecule has 6 heteroatoms. The molecule has 0 unspecified atom stereocenters. The zero-order valence-corrected chi connectivity index (χ0v) is 14.2. The quantitative estimate of drug-likeness (QED) is 0.703. The first kappa shape index (κ1) is 20.4. The van der Waals surface area contributed by atoms with E-state index in [2.05, 4.69) is 16.7 Å². The molecule has 0 saturated heterocycles. The number of nitrogens with two attached hydrogens (primary N) is 1. The number of nitrogens with one attached hydrogen (secondary N) is 2. The molecule has 0 aromatic heterocycles. The third-order valence-corrected chi connectivity index (χ3v) is 3.26. The molecule has 1 aromatic rings. The van der Waals surface area contributed by atoms with Gasteiger partial charge in [-0.1, -0.05) is 43.7 Å². The summed E-state index contributed by atoms with van der Waals surface area (Å²) in [6.07, 6.45) is 0.771. The maximum atomic E-state index is 11.6. The number of carbonyl (C=O) groups is 2. The number of halogens is 1. The molecule has 0 heterocycles. The van der Waals surface area contributed by atoms with Gasteiger partial charge < -0.3 is 16.4 Å². The van der Waals surface area contributed by atoms with Gasteiger partial charge in [0.2, 0.25) is 11.8 Å². The summed E-state index contributed by atoms with van der Waals surface area (Å²) in [5, 5.41) is 5.32. The summed E-state index contributed by atoms with van der Waals surface area (Å²) in [5.74, 6) is -0.444. The van der Waals surface area contributed by atoms with Gasteiger partial charge in [0.25, 0.3) is 0 Å². The van der Waals surface area contributed by atoms with Crippen LogP contribution in [0.3, 0.4) is 0 Å². The molecule has 0 saturated carbocycles. The average Bonchev–Trinajstić information content (AvgIpc) is 2.44. The minimum absolute atomic E-state index is 0. The summed E-state index contributed by atoms with van der Waals surface area (Å²) in [7, 11) is 0. The van der Waals surface area contributed by atoms with Crippen LogP contribution >= 0.6 is 12.4 Å². The summed E-state index contributed by atoms with van der Waals surface area (Å²) in [5.41, 5.74) is 8.08. The molecule has 0 aliphatic rings. The van der Waals surface area contributed by atoms with Crippen LogP contribution in [0.4, 0.5) is 0 Å². The van der Waals surface area contributed by atoms with Crippen molar-refractivity contribution in [3.8, 4) is 0 Å². The van der Waals surface area contributed by atoms with Gasteiger partial charge in [-0.25, -0.2) is 0 Å². The SMILES string of the molecule is Cc1cccc(CCNC(=O)CNC(=O)[C@@H](N)C(C)C)c1.Cl. The predicted octanol–water partition coefficient (Wildman–Crippen LogP) is 1.18. The van der Waals surface area contributed by atoms with Crippen molar-refractivity contribution in [2.45, 2.75) is 33.2 Å². The van der Waals surface area contributed by atoms with Crippen LogP contribution in [0.1, 0.15) is 25.0 Å². The minimum Gasteiger partial charge on any atom is -0.354 e. The monoisotopic (exact) mass is 327 g/mol. The van der Waals surface area contributed by atoms with E-state index in [9.17, 15) is 9.59 Å². The van der Waals surface area contributed by atoms with Crippen molar-refractivity contribution in [1.29, 1.82) is 0 Å². The second kappa shape index (κ2) is 10.2. The van der Waals surface area contributed by atoms with Crippen LogP contribution in [0.2, 0.25) is 0 Å². The smallest absolute Gasteiger partial charge is 0.239 e. The molecule has 22 heavy (non-hydrogen) atoms. The van der Waals surface area contributed by atoms with Gasteiger partial charge in [0.05, 0.1) is 12.6 Å². The van der Waals surface area contributed by atoms with Gasteiger partial charge in [0, 0.05) is 6.54 Å². The summed E-state index contributed by atoms with van der Waals surface area (Å²) in [6.45, 7) is 6.29. The van der Waals surface area contributed by atoms with Gasteiger partial charge in [-0.15, -0.1) is 12.4 Å². The Morgan fingerprint density at radius 3 is 2.50 bits per heavy atom. The maximum Gasteiger partial charge on any atom is 0.239 e. The number of rotatable bonds is 7. The Bertz CT molecular complexity index is 492. The number of benzene rings is 1. The van der Waals surface area contributed by atoms with Gasteiger partial charge >= 0.3 is 0 Å². The number of carbonyl (C=O) groups excluding carboxylic acids is 2. The summed E-state index contributed by atoms with van der Waals surface area (Å²) >= 11 is 0. The Morgan fingerprint density at radius 1 is 1.23 bits per heavy atom. The topological polar surface area (TPSA) is 84.2 Å². The fourth-order valence-electron chi connectivity index (χ4n) is 1.86. The van der Waals surface area contributed by atoms with Crippen LogP contribution in [0.5, 0.6) is 0 Å². The maximum absolute atomic E-state index is 11.6. The summed E-state index contributed by atoms with van der Waals surface area (Å²) in [6, 6.07) is 7.58. The van der Waals surface area contributed by atoms with Crippen LogP contribution in [0, 0.1) is 12.8 Å². The lowest BCUT2D eigenvalue weighted by atomic mass is 10.1. The second-order valence-corrected chi connectivity index (χ2v) is 5.58. The molecule has 2 amide bonds.